The van der Waals surface area contributed by atoms with Gasteiger partial charge in [0, 0.05) is 5.56 Å². The minimum absolute atomic E-state index is 0.214. The first kappa shape index (κ1) is 18.6. The van der Waals surface area contributed by atoms with Gasteiger partial charge in [0.1, 0.15) is 5.82 Å². The number of halogens is 1. The molecule has 4 rings (SSSR count). The van der Waals surface area contributed by atoms with Crippen LogP contribution in [0.15, 0.2) is 40.9 Å². The first-order valence-electron chi connectivity index (χ1n) is 8.77. The molecule has 0 atom stereocenters. The van der Waals surface area contributed by atoms with E-state index >= 15 is 0 Å². The Labute approximate surface area is 165 Å². The highest BCUT2D eigenvalue weighted by Crippen LogP contribution is 2.32. The number of hydrogen-bond donors (Lipinski definition) is 0. The number of benzene rings is 2. The second kappa shape index (κ2) is 7.34. The Morgan fingerprint density at radius 2 is 1.79 bits per heavy atom. The van der Waals surface area contributed by atoms with Crippen LogP contribution in [-0.2, 0) is 0 Å². The molecular formula is C20H18FN5O3. The molecule has 4 aromatic rings. The monoisotopic (exact) mass is 395 g/mol. The van der Waals surface area contributed by atoms with E-state index in [-0.39, 0.29) is 11.7 Å². The van der Waals surface area contributed by atoms with Crippen LogP contribution < -0.4 is 9.47 Å². The third-order valence-electron chi connectivity index (χ3n) is 4.56. The van der Waals surface area contributed by atoms with Crippen LogP contribution in [0.3, 0.4) is 0 Å². The van der Waals surface area contributed by atoms with Crippen LogP contribution >= 0.6 is 0 Å². The molecule has 2 heterocycles. The Balaban J connectivity index is 1.69. The van der Waals surface area contributed by atoms with Gasteiger partial charge >= 0.3 is 0 Å². The van der Waals surface area contributed by atoms with Gasteiger partial charge in [-0.25, -0.2) is 9.07 Å². The SMILES string of the molecule is COc1ccc(-c2noc(-c3nnn(-c4ccc(C)c(F)c4)c3C)n2)cc1OC. The Hall–Kier alpha value is -3.75. The number of ether oxygens (including phenoxy) is 2. The van der Waals surface area contributed by atoms with E-state index in [1.54, 1.807) is 58.4 Å². The van der Waals surface area contributed by atoms with E-state index in [0.29, 0.717) is 45.5 Å². The number of hydrogen-bond acceptors (Lipinski definition) is 7. The Kier molecular flexibility index (Phi) is 4.71. The van der Waals surface area contributed by atoms with Crippen molar-refractivity contribution in [2.24, 2.45) is 0 Å². The van der Waals surface area contributed by atoms with Crippen LogP contribution in [0, 0.1) is 19.7 Å². The summed E-state index contributed by atoms with van der Waals surface area (Å²) >= 11 is 0. The van der Waals surface area contributed by atoms with Crippen LogP contribution in [0.25, 0.3) is 28.7 Å². The number of nitrogens with zero attached hydrogens (tertiary/aromatic N) is 5. The third kappa shape index (κ3) is 3.31. The standard InChI is InChI=1S/C20H18FN5O3/c1-11-5-7-14(10-15(11)21)26-12(2)18(23-25-26)20-22-19(24-29-20)13-6-8-16(27-3)17(9-13)28-4/h5-10H,1-4H3. The van der Waals surface area contributed by atoms with Crippen molar-refractivity contribution in [2.75, 3.05) is 14.2 Å². The average Bonchev–Trinajstić information content (AvgIpc) is 3.36. The van der Waals surface area contributed by atoms with Crippen LogP contribution in [0.4, 0.5) is 4.39 Å². The molecule has 0 fully saturated rings. The molecule has 8 nitrogen and oxygen atoms in total. The molecule has 2 aromatic carbocycles. The lowest BCUT2D eigenvalue weighted by molar-refractivity contribution is 0.355. The largest absolute Gasteiger partial charge is 0.493 e. The Morgan fingerprint density at radius 1 is 1.00 bits per heavy atom. The van der Waals surface area contributed by atoms with Gasteiger partial charge < -0.3 is 14.0 Å². The Bertz CT molecular complexity index is 1180. The molecule has 0 spiro atoms. The maximum atomic E-state index is 13.9. The zero-order valence-electron chi connectivity index (χ0n) is 16.3. The molecule has 0 aliphatic heterocycles. The van der Waals surface area contributed by atoms with E-state index in [4.69, 9.17) is 14.0 Å². The molecule has 0 N–H and O–H groups in total. The molecule has 0 aliphatic rings. The summed E-state index contributed by atoms with van der Waals surface area (Å²) in [6.07, 6.45) is 0. The molecule has 0 amide bonds. The van der Waals surface area contributed by atoms with Crippen LogP contribution in [0.2, 0.25) is 0 Å². The van der Waals surface area contributed by atoms with Gasteiger partial charge in [-0.05, 0) is 49.7 Å². The van der Waals surface area contributed by atoms with Gasteiger partial charge in [-0.15, -0.1) is 5.10 Å². The van der Waals surface area contributed by atoms with Gasteiger partial charge in [-0.1, -0.05) is 16.4 Å². The van der Waals surface area contributed by atoms with E-state index in [9.17, 15) is 4.39 Å². The zero-order chi connectivity index (χ0) is 20.5. The minimum Gasteiger partial charge on any atom is -0.493 e. The van der Waals surface area contributed by atoms with Crippen LogP contribution in [-0.4, -0.2) is 39.4 Å². The van der Waals surface area contributed by atoms with Gasteiger partial charge in [-0.3, -0.25) is 0 Å². The number of methoxy groups -OCH3 is 2. The maximum absolute atomic E-state index is 13.9. The first-order chi connectivity index (χ1) is 14.0. The highest BCUT2D eigenvalue weighted by molar-refractivity contribution is 5.63. The minimum atomic E-state index is -0.313. The van der Waals surface area contributed by atoms with Crippen molar-refractivity contribution in [3.63, 3.8) is 0 Å². The summed E-state index contributed by atoms with van der Waals surface area (Å²) in [5, 5.41) is 12.3. The average molecular weight is 395 g/mol. The number of aryl methyl sites for hydroxylation is 1. The van der Waals surface area contributed by atoms with Crippen molar-refractivity contribution in [1.82, 2.24) is 25.1 Å². The first-order valence-corrected chi connectivity index (χ1v) is 8.77. The van der Waals surface area contributed by atoms with Gasteiger partial charge in [0.05, 0.1) is 25.6 Å². The highest BCUT2D eigenvalue weighted by atomic mass is 19.1. The normalized spacial score (nSPS) is 10.9. The van der Waals surface area contributed by atoms with Crippen LogP contribution in [0.5, 0.6) is 11.5 Å². The quantitative estimate of drug-likeness (QED) is 0.508. The van der Waals surface area contributed by atoms with Crippen molar-refractivity contribution < 1.29 is 18.4 Å². The van der Waals surface area contributed by atoms with E-state index in [0.717, 1.165) is 0 Å². The molecule has 0 saturated carbocycles. The van der Waals surface area contributed by atoms with E-state index in [2.05, 4.69) is 20.5 Å². The van der Waals surface area contributed by atoms with E-state index in [1.165, 1.54) is 10.7 Å². The Morgan fingerprint density at radius 3 is 2.52 bits per heavy atom. The molecule has 9 heteroatoms. The lowest BCUT2D eigenvalue weighted by atomic mass is 10.2. The summed E-state index contributed by atoms with van der Waals surface area (Å²) in [6, 6.07) is 10.2. The van der Waals surface area contributed by atoms with Crippen molar-refractivity contribution in [1.29, 1.82) is 0 Å². The molecule has 0 unspecified atom stereocenters. The number of aromatic nitrogens is 5. The summed E-state index contributed by atoms with van der Waals surface area (Å²) in [6.45, 7) is 3.50. The van der Waals surface area contributed by atoms with Gasteiger partial charge in [0.25, 0.3) is 5.89 Å². The molecule has 0 radical (unpaired) electrons. The smallest absolute Gasteiger partial charge is 0.280 e. The van der Waals surface area contributed by atoms with E-state index < -0.39 is 0 Å². The molecule has 0 bridgehead atoms. The third-order valence-corrected chi connectivity index (χ3v) is 4.56. The highest BCUT2D eigenvalue weighted by Gasteiger charge is 2.20. The summed E-state index contributed by atoms with van der Waals surface area (Å²) in [5.41, 5.74) is 2.89. The molecule has 0 saturated heterocycles. The molecule has 148 valence electrons. The summed E-state index contributed by atoms with van der Waals surface area (Å²) in [5.74, 6) is 1.43. The topological polar surface area (TPSA) is 88.1 Å². The molecule has 29 heavy (non-hydrogen) atoms. The van der Waals surface area contributed by atoms with Gasteiger partial charge in [0.2, 0.25) is 5.82 Å². The van der Waals surface area contributed by atoms with Crippen molar-refractivity contribution in [3.05, 3.63) is 53.5 Å². The van der Waals surface area contributed by atoms with Crippen molar-refractivity contribution in [2.45, 2.75) is 13.8 Å². The van der Waals surface area contributed by atoms with Gasteiger partial charge in [0.15, 0.2) is 17.2 Å². The lowest BCUT2D eigenvalue weighted by Crippen LogP contribution is -2.00. The fourth-order valence-corrected chi connectivity index (χ4v) is 2.90. The fourth-order valence-electron chi connectivity index (χ4n) is 2.90. The predicted molar refractivity (Wildman–Crippen MR) is 103 cm³/mol. The second-order valence-electron chi connectivity index (χ2n) is 6.36. The second-order valence-corrected chi connectivity index (χ2v) is 6.36. The summed E-state index contributed by atoms with van der Waals surface area (Å²) in [4.78, 5) is 4.42. The molecular weight excluding hydrogens is 377 g/mol. The van der Waals surface area contributed by atoms with Crippen LogP contribution in [0.1, 0.15) is 11.3 Å². The maximum Gasteiger partial charge on any atom is 0.280 e. The molecule has 0 aliphatic carbocycles. The molecule has 2 aromatic heterocycles. The van der Waals surface area contributed by atoms with Gasteiger partial charge in [-0.2, -0.15) is 4.98 Å². The fraction of sp³-hybridized carbons (Fsp3) is 0.200. The van der Waals surface area contributed by atoms with E-state index in [1.807, 2.05) is 0 Å². The number of rotatable bonds is 5. The summed E-state index contributed by atoms with van der Waals surface area (Å²) < 4.78 is 31.4. The van der Waals surface area contributed by atoms with Crippen molar-refractivity contribution in [3.8, 4) is 40.2 Å². The summed E-state index contributed by atoms with van der Waals surface area (Å²) in [7, 11) is 3.12. The zero-order valence-corrected chi connectivity index (χ0v) is 16.3. The predicted octanol–water partition coefficient (Wildman–Crippen LogP) is 3.76. The van der Waals surface area contributed by atoms with Crippen molar-refractivity contribution >= 4 is 0 Å². The lowest BCUT2D eigenvalue weighted by Gasteiger charge is -2.07.